The van der Waals surface area contributed by atoms with Gasteiger partial charge in [0.15, 0.2) is 0 Å². The fraction of sp³-hybridized carbons (Fsp3) is 0.600. The highest BCUT2D eigenvalue weighted by atomic mass is 16.6. The van der Waals surface area contributed by atoms with Crippen LogP contribution in [-0.2, 0) is 16.0 Å². The van der Waals surface area contributed by atoms with Crippen LogP contribution >= 0.6 is 0 Å². The molecule has 0 aliphatic carbocycles. The molecule has 6 heteroatoms. The molecule has 2 unspecified atom stereocenters. The third-order valence-corrected chi connectivity index (χ3v) is 4.66. The first-order valence-corrected chi connectivity index (χ1v) is 9.32. The van der Waals surface area contributed by atoms with E-state index < -0.39 is 5.60 Å². The van der Waals surface area contributed by atoms with Crippen molar-refractivity contribution in [1.82, 2.24) is 10.2 Å². The molecule has 1 aromatic carbocycles. The molecule has 0 spiro atoms. The summed E-state index contributed by atoms with van der Waals surface area (Å²) < 4.78 is 11.3. The van der Waals surface area contributed by atoms with E-state index in [9.17, 15) is 9.59 Å². The first-order chi connectivity index (χ1) is 12.3. The average Bonchev–Trinajstić information content (AvgIpc) is 3.01. The number of nitrogens with one attached hydrogen (secondary N) is 1. The van der Waals surface area contributed by atoms with Crippen LogP contribution in [-0.4, -0.2) is 48.2 Å². The zero-order valence-corrected chi connectivity index (χ0v) is 15.8. The molecule has 2 aliphatic heterocycles. The number of rotatable bonds is 3. The molecule has 2 heterocycles. The largest absolute Gasteiger partial charge is 0.488 e. The quantitative estimate of drug-likeness (QED) is 0.900. The van der Waals surface area contributed by atoms with Crippen LogP contribution in [0.3, 0.4) is 0 Å². The van der Waals surface area contributed by atoms with E-state index in [1.165, 1.54) is 5.56 Å². The number of carbonyl (C=O) groups excluding carboxylic acids is 2. The summed E-state index contributed by atoms with van der Waals surface area (Å²) in [4.78, 5) is 26.4. The maximum atomic E-state index is 12.5. The zero-order chi connectivity index (χ0) is 18.7. The van der Waals surface area contributed by atoms with E-state index in [1.54, 1.807) is 4.90 Å². The van der Waals surface area contributed by atoms with Gasteiger partial charge in [-0.25, -0.2) is 4.79 Å². The molecule has 0 aromatic heterocycles. The number of likely N-dealkylation sites (tertiary alicyclic amines) is 1. The summed E-state index contributed by atoms with van der Waals surface area (Å²) in [6, 6.07) is 7.96. The minimum atomic E-state index is -0.527. The van der Waals surface area contributed by atoms with E-state index in [4.69, 9.17) is 9.47 Å². The predicted octanol–water partition coefficient (Wildman–Crippen LogP) is 2.75. The predicted molar refractivity (Wildman–Crippen MR) is 98.1 cm³/mol. The van der Waals surface area contributed by atoms with Crippen molar-refractivity contribution >= 4 is 12.0 Å². The van der Waals surface area contributed by atoms with Crippen molar-refractivity contribution in [3.05, 3.63) is 29.8 Å². The zero-order valence-electron chi connectivity index (χ0n) is 15.8. The van der Waals surface area contributed by atoms with Crippen molar-refractivity contribution in [2.75, 3.05) is 19.6 Å². The number of fused-ring (bicyclic) bond motifs is 1. The molecule has 1 saturated heterocycles. The van der Waals surface area contributed by atoms with Gasteiger partial charge in [-0.2, -0.15) is 0 Å². The number of hydrogen-bond acceptors (Lipinski definition) is 4. The van der Waals surface area contributed by atoms with Crippen LogP contribution in [0.15, 0.2) is 24.3 Å². The van der Waals surface area contributed by atoms with Crippen LogP contribution in [0.1, 0.15) is 39.2 Å². The molecule has 26 heavy (non-hydrogen) atoms. The molecule has 1 fully saturated rings. The second kappa shape index (κ2) is 7.56. The Morgan fingerprint density at radius 2 is 2.08 bits per heavy atom. The lowest BCUT2D eigenvalue weighted by Gasteiger charge is -2.33. The molecule has 2 aliphatic rings. The van der Waals surface area contributed by atoms with Crippen molar-refractivity contribution in [2.45, 2.75) is 51.7 Å². The summed E-state index contributed by atoms with van der Waals surface area (Å²) in [5, 5.41) is 2.99. The maximum absolute atomic E-state index is 12.5. The minimum Gasteiger partial charge on any atom is -0.488 e. The Balaban J connectivity index is 1.47. The summed E-state index contributed by atoms with van der Waals surface area (Å²) in [6.45, 7) is 7.07. The Bertz CT molecular complexity index is 643. The topological polar surface area (TPSA) is 67.9 Å². The molecule has 6 nitrogen and oxygen atoms in total. The van der Waals surface area contributed by atoms with Crippen molar-refractivity contribution in [1.29, 1.82) is 0 Å². The van der Waals surface area contributed by atoms with Crippen LogP contribution in [0.4, 0.5) is 4.79 Å². The van der Waals surface area contributed by atoms with Crippen LogP contribution in [0.5, 0.6) is 5.75 Å². The first kappa shape index (κ1) is 18.5. The van der Waals surface area contributed by atoms with Crippen LogP contribution in [0, 0.1) is 5.92 Å². The van der Waals surface area contributed by atoms with E-state index in [1.807, 2.05) is 39.0 Å². The molecule has 0 saturated carbocycles. The number of hydrogen-bond donors (Lipinski definition) is 1. The van der Waals surface area contributed by atoms with Gasteiger partial charge in [-0.3, -0.25) is 4.79 Å². The second-order valence-corrected chi connectivity index (χ2v) is 8.06. The molecular weight excluding hydrogens is 332 g/mol. The lowest BCUT2D eigenvalue weighted by Crippen LogP contribution is -2.48. The smallest absolute Gasteiger partial charge is 0.410 e. The molecule has 1 N–H and O–H groups in total. The van der Waals surface area contributed by atoms with Gasteiger partial charge in [-0.05, 0) is 45.2 Å². The fourth-order valence-corrected chi connectivity index (χ4v) is 3.41. The standard InChI is InChI=1S/C20H28N2O4/c1-20(2,3)26-19(24)22-10-6-8-15(13-22)18(23)21-12-16-11-14-7-4-5-9-17(14)25-16/h4-5,7,9,15-16H,6,8,10-13H2,1-3H3,(H,21,23). The molecular formula is C20H28N2O4. The van der Waals surface area contributed by atoms with Crippen molar-refractivity contribution < 1.29 is 19.1 Å². The second-order valence-electron chi connectivity index (χ2n) is 8.06. The Hall–Kier alpha value is -2.24. The highest BCUT2D eigenvalue weighted by molar-refractivity contribution is 5.80. The van der Waals surface area contributed by atoms with Gasteiger partial charge in [0.05, 0.1) is 12.5 Å². The molecule has 3 rings (SSSR count). The monoisotopic (exact) mass is 360 g/mol. The Kier molecular flexibility index (Phi) is 5.39. The minimum absolute atomic E-state index is 0.0159. The molecule has 0 radical (unpaired) electrons. The molecule has 1 aromatic rings. The molecule has 0 bridgehead atoms. The summed E-state index contributed by atoms with van der Waals surface area (Å²) in [5.41, 5.74) is 0.654. The number of carbonyl (C=O) groups is 2. The van der Waals surface area contributed by atoms with Gasteiger partial charge < -0.3 is 19.7 Å². The lowest BCUT2D eigenvalue weighted by atomic mass is 9.97. The van der Waals surface area contributed by atoms with Gasteiger partial charge >= 0.3 is 6.09 Å². The Morgan fingerprint density at radius 1 is 1.31 bits per heavy atom. The van der Waals surface area contributed by atoms with Crippen molar-refractivity contribution in [3.8, 4) is 5.75 Å². The van der Waals surface area contributed by atoms with E-state index in [0.717, 1.165) is 25.0 Å². The van der Waals surface area contributed by atoms with Gasteiger partial charge in [0, 0.05) is 19.5 Å². The summed E-state index contributed by atoms with van der Waals surface area (Å²) in [6.07, 6.45) is 2.04. The fourth-order valence-electron chi connectivity index (χ4n) is 3.41. The van der Waals surface area contributed by atoms with Crippen molar-refractivity contribution in [2.24, 2.45) is 5.92 Å². The molecule has 2 atom stereocenters. The normalized spacial score (nSPS) is 22.3. The maximum Gasteiger partial charge on any atom is 0.410 e. The van der Waals surface area contributed by atoms with Crippen LogP contribution < -0.4 is 10.1 Å². The summed E-state index contributed by atoms with van der Waals surface area (Å²) in [7, 11) is 0. The third-order valence-electron chi connectivity index (χ3n) is 4.66. The highest BCUT2D eigenvalue weighted by Crippen LogP contribution is 2.28. The highest BCUT2D eigenvalue weighted by Gasteiger charge is 2.31. The number of para-hydroxylation sites is 1. The van der Waals surface area contributed by atoms with Crippen molar-refractivity contribution in [3.63, 3.8) is 0 Å². The van der Waals surface area contributed by atoms with E-state index in [2.05, 4.69) is 11.4 Å². The first-order valence-electron chi connectivity index (χ1n) is 9.32. The number of benzene rings is 1. The SMILES string of the molecule is CC(C)(C)OC(=O)N1CCCC(C(=O)NCC2Cc3ccccc3O2)C1. The van der Waals surface area contributed by atoms with Gasteiger partial charge in [-0.15, -0.1) is 0 Å². The number of piperidine rings is 1. The lowest BCUT2D eigenvalue weighted by molar-refractivity contribution is -0.126. The van der Waals surface area contributed by atoms with Gasteiger partial charge in [0.2, 0.25) is 5.91 Å². The van der Waals surface area contributed by atoms with E-state index >= 15 is 0 Å². The summed E-state index contributed by atoms with van der Waals surface area (Å²) in [5.74, 6) is 0.693. The third kappa shape index (κ3) is 4.68. The summed E-state index contributed by atoms with van der Waals surface area (Å²) >= 11 is 0. The van der Waals surface area contributed by atoms with Crippen LogP contribution in [0.25, 0.3) is 0 Å². The number of nitrogens with zero attached hydrogens (tertiary/aromatic N) is 1. The van der Waals surface area contributed by atoms with E-state index in [0.29, 0.717) is 19.6 Å². The van der Waals surface area contributed by atoms with Gasteiger partial charge in [0.25, 0.3) is 0 Å². The van der Waals surface area contributed by atoms with Crippen LogP contribution in [0.2, 0.25) is 0 Å². The van der Waals surface area contributed by atoms with Gasteiger partial charge in [0.1, 0.15) is 17.5 Å². The Morgan fingerprint density at radius 3 is 2.81 bits per heavy atom. The number of amides is 2. The van der Waals surface area contributed by atoms with Gasteiger partial charge in [-0.1, -0.05) is 18.2 Å². The molecule has 142 valence electrons. The Labute approximate surface area is 154 Å². The average molecular weight is 360 g/mol. The van der Waals surface area contributed by atoms with E-state index in [-0.39, 0.29) is 24.0 Å². The molecule has 2 amide bonds. The number of ether oxygens (including phenoxy) is 2.